The van der Waals surface area contributed by atoms with Crippen molar-refractivity contribution in [3.05, 3.63) is 15.6 Å². The van der Waals surface area contributed by atoms with E-state index in [4.69, 9.17) is 9.05 Å². The van der Waals surface area contributed by atoms with Crippen LogP contribution in [0.15, 0.2) is 0 Å². The lowest BCUT2D eigenvalue weighted by atomic mass is 9.94. The standard InChI is InChI=1S/C13H24NO3PS/c1-7-16-18(15,17-8-2)9-11-14-10(3)12(19-11)13(4,5)6/h7-9H2,1-6H3. The number of hydrogen-bond acceptors (Lipinski definition) is 5. The molecular formula is C13H24NO3PS. The highest BCUT2D eigenvalue weighted by Gasteiger charge is 2.28. The second-order valence-corrected chi connectivity index (χ2v) is 8.51. The molecule has 0 saturated carbocycles. The van der Waals surface area contributed by atoms with Crippen LogP contribution >= 0.6 is 18.9 Å². The molecule has 0 bridgehead atoms. The first kappa shape index (κ1) is 16.8. The van der Waals surface area contributed by atoms with Crippen LogP contribution in [-0.2, 0) is 25.2 Å². The fraction of sp³-hybridized carbons (Fsp3) is 0.769. The topological polar surface area (TPSA) is 48.4 Å². The lowest BCUT2D eigenvalue weighted by Gasteiger charge is -2.17. The van der Waals surface area contributed by atoms with Crippen LogP contribution in [0.25, 0.3) is 0 Å². The first-order valence-electron chi connectivity index (χ1n) is 6.56. The Hall–Kier alpha value is -0.220. The van der Waals surface area contributed by atoms with E-state index in [-0.39, 0.29) is 11.6 Å². The molecule has 6 heteroatoms. The van der Waals surface area contributed by atoms with Gasteiger partial charge in [0.05, 0.1) is 18.9 Å². The molecule has 0 aliphatic carbocycles. The molecule has 1 heterocycles. The van der Waals surface area contributed by atoms with Crippen molar-refractivity contribution in [2.45, 2.75) is 53.1 Å². The van der Waals surface area contributed by atoms with E-state index >= 15 is 0 Å². The van der Waals surface area contributed by atoms with Crippen molar-refractivity contribution in [3.63, 3.8) is 0 Å². The first-order chi connectivity index (χ1) is 8.72. The van der Waals surface area contributed by atoms with Crippen LogP contribution in [-0.4, -0.2) is 18.2 Å². The summed E-state index contributed by atoms with van der Waals surface area (Å²) in [6.07, 6.45) is 0.260. The summed E-state index contributed by atoms with van der Waals surface area (Å²) in [5, 5.41) is 0.827. The Morgan fingerprint density at radius 1 is 1.21 bits per heavy atom. The monoisotopic (exact) mass is 305 g/mol. The maximum atomic E-state index is 12.5. The van der Waals surface area contributed by atoms with Crippen LogP contribution in [0.2, 0.25) is 0 Å². The van der Waals surface area contributed by atoms with Crippen LogP contribution < -0.4 is 0 Å². The number of nitrogens with zero attached hydrogens (tertiary/aromatic N) is 1. The molecule has 1 aromatic heterocycles. The Balaban J connectivity index is 2.96. The summed E-state index contributed by atoms with van der Waals surface area (Å²) in [6, 6.07) is 0. The van der Waals surface area contributed by atoms with E-state index in [1.165, 1.54) is 4.88 Å². The average Bonchev–Trinajstić information content (AvgIpc) is 2.59. The van der Waals surface area contributed by atoms with Gasteiger partial charge in [0.1, 0.15) is 11.2 Å². The summed E-state index contributed by atoms with van der Waals surface area (Å²) in [5.74, 6) is 0. The van der Waals surface area contributed by atoms with Crippen LogP contribution in [0, 0.1) is 6.92 Å². The Kier molecular flexibility index (Phi) is 5.75. The van der Waals surface area contributed by atoms with Gasteiger partial charge in [-0.3, -0.25) is 4.57 Å². The molecule has 4 nitrogen and oxygen atoms in total. The van der Waals surface area contributed by atoms with Gasteiger partial charge in [-0.2, -0.15) is 0 Å². The number of rotatable bonds is 6. The van der Waals surface area contributed by atoms with Gasteiger partial charge in [0, 0.05) is 4.88 Å². The number of aromatic nitrogens is 1. The SMILES string of the molecule is CCOP(=O)(Cc1nc(C)c(C(C)(C)C)s1)OCC. The molecule has 0 saturated heterocycles. The fourth-order valence-corrected chi connectivity index (χ4v) is 5.00. The Morgan fingerprint density at radius 2 is 1.74 bits per heavy atom. The first-order valence-corrected chi connectivity index (χ1v) is 9.11. The molecule has 0 fully saturated rings. The zero-order valence-electron chi connectivity index (χ0n) is 12.6. The van der Waals surface area contributed by atoms with E-state index in [9.17, 15) is 4.57 Å². The van der Waals surface area contributed by atoms with E-state index in [1.54, 1.807) is 11.3 Å². The van der Waals surface area contributed by atoms with Crippen molar-refractivity contribution in [1.29, 1.82) is 0 Å². The molecule has 0 aliphatic rings. The van der Waals surface area contributed by atoms with E-state index < -0.39 is 7.60 Å². The molecule has 0 atom stereocenters. The molecule has 0 aromatic carbocycles. The predicted molar refractivity (Wildman–Crippen MR) is 80.1 cm³/mol. The summed E-state index contributed by atoms with van der Waals surface area (Å²) in [6.45, 7) is 12.9. The van der Waals surface area contributed by atoms with E-state index in [0.29, 0.717) is 13.2 Å². The van der Waals surface area contributed by atoms with Crippen molar-refractivity contribution in [1.82, 2.24) is 4.98 Å². The van der Waals surface area contributed by atoms with Crippen LogP contribution in [0.4, 0.5) is 0 Å². The van der Waals surface area contributed by atoms with Gasteiger partial charge in [0.15, 0.2) is 0 Å². The molecule has 1 aromatic rings. The molecule has 0 radical (unpaired) electrons. The average molecular weight is 305 g/mol. The third kappa shape index (κ3) is 4.67. The number of hydrogen-bond donors (Lipinski definition) is 0. The highest BCUT2D eigenvalue weighted by Crippen LogP contribution is 2.52. The number of aryl methyl sites for hydroxylation is 1. The third-order valence-corrected chi connectivity index (χ3v) is 6.29. The largest absolute Gasteiger partial charge is 0.337 e. The van der Waals surface area contributed by atoms with Gasteiger partial charge in [-0.1, -0.05) is 20.8 Å². The molecular weight excluding hydrogens is 281 g/mol. The normalized spacial score (nSPS) is 12.9. The van der Waals surface area contributed by atoms with Crippen molar-refractivity contribution in [2.75, 3.05) is 13.2 Å². The second-order valence-electron chi connectivity index (χ2n) is 5.38. The Labute approximate surface area is 120 Å². The Bertz CT molecular complexity index is 455. The molecule has 0 amide bonds. The quantitative estimate of drug-likeness (QED) is 0.725. The molecule has 0 aliphatic heterocycles. The molecule has 1 rings (SSSR count). The minimum atomic E-state index is -3.05. The van der Waals surface area contributed by atoms with E-state index in [2.05, 4.69) is 25.8 Å². The van der Waals surface area contributed by atoms with Gasteiger partial charge >= 0.3 is 7.60 Å². The molecule has 110 valence electrons. The smallest absolute Gasteiger partial charge is 0.309 e. The van der Waals surface area contributed by atoms with E-state index in [0.717, 1.165) is 10.7 Å². The molecule has 0 unspecified atom stereocenters. The summed E-state index contributed by atoms with van der Waals surface area (Å²) in [7, 11) is -3.05. The van der Waals surface area contributed by atoms with Crippen molar-refractivity contribution < 1.29 is 13.6 Å². The third-order valence-electron chi connectivity index (χ3n) is 2.50. The van der Waals surface area contributed by atoms with Crippen molar-refractivity contribution in [2.24, 2.45) is 0 Å². The number of thiazole rings is 1. The van der Waals surface area contributed by atoms with Crippen molar-refractivity contribution >= 4 is 18.9 Å². The van der Waals surface area contributed by atoms with Gasteiger partial charge in [-0.25, -0.2) is 4.98 Å². The molecule has 0 N–H and O–H groups in total. The summed E-state index contributed by atoms with van der Waals surface area (Å²) >= 11 is 1.60. The van der Waals surface area contributed by atoms with Crippen molar-refractivity contribution in [3.8, 4) is 0 Å². The van der Waals surface area contributed by atoms with Gasteiger partial charge < -0.3 is 9.05 Å². The van der Waals surface area contributed by atoms with Gasteiger partial charge in [-0.15, -0.1) is 11.3 Å². The minimum absolute atomic E-state index is 0.0568. The second kappa shape index (κ2) is 6.49. The molecule has 19 heavy (non-hydrogen) atoms. The summed E-state index contributed by atoms with van der Waals surface area (Å²) < 4.78 is 23.1. The molecule has 0 spiro atoms. The maximum absolute atomic E-state index is 12.5. The maximum Gasteiger partial charge on any atom is 0.337 e. The fourth-order valence-electron chi connectivity index (χ4n) is 1.90. The summed E-state index contributed by atoms with van der Waals surface area (Å²) in [4.78, 5) is 5.74. The van der Waals surface area contributed by atoms with Gasteiger partial charge in [0.25, 0.3) is 0 Å². The lowest BCUT2D eigenvalue weighted by molar-refractivity contribution is 0.219. The predicted octanol–water partition coefficient (Wildman–Crippen LogP) is 4.52. The summed E-state index contributed by atoms with van der Waals surface area (Å²) in [5.41, 5.74) is 1.06. The minimum Gasteiger partial charge on any atom is -0.309 e. The lowest BCUT2D eigenvalue weighted by Crippen LogP contribution is -2.10. The zero-order valence-corrected chi connectivity index (χ0v) is 14.4. The van der Waals surface area contributed by atoms with Crippen LogP contribution in [0.3, 0.4) is 0 Å². The highest BCUT2D eigenvalue weighted by atomic mass is 32.1. The van der Waals surface area contributed by atoms with Gasteiger partial charge in [-0.05, 0) is 26.2 Å². The van der Waals surface area contributed by atoms with E-state index in [1.807, 2.05) is 20.8 Å². The zero-order chi connectivity index (χ0) is 14.7. The van der Waals surface area contributed by atoms with Crippen LogP contribution in [0.1, 0.15) is 50.2 Å². The highest BCUT2D eigenvalue weighted by molar-refractivity contribution is 7.53. The van der Waals surface area contributed by atoms with Gasteiger partial charge in [0.2, 0.25) is 0 Å². The van der Waals surface area contributed by atoms with Crippen LogP contribution in [0.5, 0.6) is 0 Å². The Morgan fingerprint density at radius 3 is 2.11 bits per heavy atom.